The molecule has 0 saturated heterocycles. The van der Waals surface area contributed by atoms with Crippen LogP contribution in [-0.4, -0.2) is 17.0 Å². The van der Waals surface area contributed by atoms with Crippen LogP contribution in [0.3, 0.4) is 0 Å². The molecule has 0 heterocycles. The van der Waals surface area contributed by atoms with Crippen molar-refractivity contribution in [3.63, 3.8) is 0 Å². The van der Waals surface area contributed by atoms with Gasteiger partial charge >= 0.3 is 11.9 Å². The summed E-state index contributed by atoms with van der Waals surface area (Å²) in [6.07, 6.45) is 0. The number of nitrogens with two attached hydrogens (primary N) is 1. The smallest absolute Gasteiger partial charge is 0.343 e. The molecule has 0 atom stereocenters. The molecule has 0 saturated carbocycles. The summed E-state index contributed by atoms with van der Waals surface area (Å²) < 4.78 is 5.28. The lowest BCUT2D eigenvalue weighted by molar-refractivity contribution is 0.0694. The Bertz CT molecular complexity index is 901. The molecule has 0 radical (unpaired) electrons. The highest BCUT2D eigenvalue weighted by Crippen LogP contribution is 2.20. The highest BCUT2D eigenvalue weighted by Gasteiger charge is 2.10. The number of esters is 1. The zero-order valence-electron chi connectivity index (χ0n) is 12.0. The van der Waals surface area contributed by atoms with E-state index in [0.717, 1.165) is 10.8 Å². The molecule has 0 amide bonds. The number of fused-ring (bicyclic) bond motifs is 1. The molecule has 114 valence electrons. The Hall–Kier alpha value is -3.34. The number of nitrogen functional groups attached to an aromatic ring is 1. The van der Waals surface area contributed by atoms with E-state index >= 15 is 0 Å². The maximum atomic E-state index is 12.2. The zero-order chi connectivity index (χ0) is 16.4. The van der Waals surface area contributed by atoms with Crippen molar-refractivity contribution in [3.8, 4) is 5.75 Å². The van der Waals surface area contributed by atoms with Crippen LogP contribution in [0.4, 0.5) is 5.69 Å². The fourth-order valence-electron chi connectivity index (χ4n) is 2.21. The van der Waals surface area contributed by atoms with E-state index in [1.807, 2.05) is 0 Å². The summed E-state index contributed by atoms with van der Waals surface area (Å²) in [6.45, 7) is 0. The van der Waals surface area contributed by atoms with Crippen LogP contribution in [0.2, 0.25) is 0 Å². The Balaban J connectivity index is 1.87. The molecule has 0 unspecified atom stereocenters. The molecular weight excluding hydrogens is 294 g/mol. The van der Waals surface area contributed by atoms with E-state index in [-0.39, 0.29) is 5.56 Å². The molecule has 3 N–H and O–H groups in total. The summed E-state index contributed by atoms with van der Waals surface area (Å²) in [5.74, 6) is -1.07. The molecule has 3 rings (SSSR count). The maximum absolute atomic E-state index is 12.2. The van der Waals surface area contributed by atoms with Gasteiger partial charge in [-0.15, -0.1) is 0 Å². The Morgan fingerprint density at radius 1 is 0.826 bits per heavy atom. The molecule has 0 bridgehead atoms. The minimum Gasteiger partial charge on any atom is -0.478 e. The van der Waals surface area contributed by atoms with Gasteiger partial charge in [-0.1, -0.05) is 12.1 Å². The van der Waals surface area contributed by atoms with E-state index in [1.165, 1.54) is 6.07 Å². The standard InChI is InChI=1S/C18H13NO4/c19-15-5-7-16(8-6-15)23-18(22)14-4-2-11-9-13(17(20)21)3-1-12(11)10-14/h1-10H,19H2,(H,20,21). The van der Waals surface area contributed by atoms with Crippen LogP contribution in [0.15, 0.2) is 60.7 Å². The number of anilines is 1. The molecule has 0 aliphatic heterocycles. The van der Waals surface area contributed by atoms with Crippen LogP contribution in [0, 0.1) is 0 Å². The molecule has 3 aromatic rings. The first-order valence-corrected chi connectivity index (χ1v) is 6.88. The Kier molecular flexibility index (Phi) is 3.68. The van der Waals surface area contributed by atoms with Gasteiger partial charge in [0.05, 0.1) is 11.1 Å². The summed E-state index contributed by atoms with van der Waals surface area (Å²) in [5.41, 5.74) is 6.76. The summed E-state index contributed by atoms with van der Waals surface area (Å²) in [6, 6.07) is 16.2. The molecular formula is C18H13NO4. The summed E-state index contributed by atoms with van der Waals surface area (Å²) in [4.78, 5) is 23.1. The maximum Gasteiger partial charge on any atom is 0.343 e. The fourth-order valence-corrected chi connectivity index (χ4v) is 2.21. The lowest BCUT2D eigenvalue weighted by Gasteiger charge is -2.06. The lowest BCUT2D eigenvalue weighted by atomic mass is 10.0. The third-order valence-corrected chi connectivity index (χ3v) is 3.41. The van der Waals surface area contributed by atoms with Gasteiger partial charge in [-0.25, -0.2) is 9.59 Å². The van der Waals surface area contributed by atoms with Crippen molar-refractivity contribution in [3.05, 3.63) is 71.8 Å². The van der Waals surface area contributed by atoms with Crippen molar-refractivity contribution >= 4 is 28.4 Å². The first-order chi connectivity index (χ1) is 11.0. The number of ether oxygens (including phenoxy) is 1. The quantitative estimate of drug-likeness (QED) is 0.440. The second kappa shape index (κ2) is 5.81. The second-order valence-electron chi connectivity index (χ2n) is 5.04. The monoisotopic (exact) mass is 307 g/mol. The summed E-state index contributed by atoms with van der Waals surface area (Å²) in [5, 5.41) is 10.5. The van der Waals surface area contributed by atoms with Crippen molar-refractivity contribution in [2.24, 2.45) is 0 Å². The van der Waals surface area contributed by atoms with Crippen molar-refractivity contribution in [2.75, 3.05) is 5.73 Å². The highest BCUT2D eigenvalue weighted by molar-refractivity contribution is 5.99. The average Bonchev–Trinajstić information content (AvgIpc) is 2.55. The first-order valence-electron chi connectivity index (χ1n) is 6.88. The van der Waals surface area contributed by atoms with Gasteiger partial charge in [-0.3, -0.25) is 0 Å². The predicted octanol–water partition coefficient (Wildman–Crippen LogP) is 3.34. The number of carbonyl (C=O) groups is 2. The van der Waals surface area contributed by atoms with Gasteiger partial charge < -0.3 is 15.6 Å². The molecule has 5 heteroatoms. The zero-order valence-corrected chi connectivity index (χ0v) is 12.0. The molecule has 0 fully saturated rings. The van der Waals surface area contributed by atoms with E-state index in [4.69, 9.17) is 15.6 Å². The number of carboxylic acids is 1. The predicted molar refractivity (Wildman–Crippen MR) is 86.7 cm³/mol. The summed E-state index contributed by atoms with van der Waals surface area (Å²) >= 11 is 0. The van der Waals surface area contributed by atoms with Crippen LogP contribution < -0.4 is 10.5 Å². The van der Waals surface area contributed by atoms with Gasteiger partial charge in [0.2, 0.25) is 0 Å². The van der Waals surface area contributed by atoms with E-state index in [1.54, 1.807) is 54.6 Å². The number of benzene rings is 3. The fraction of sp³-hybridized carbons (Fsp3) is 0. The van der Waals surface area contributed by atoms with Gasteiger partial charge in [0.1, 0.15) is 5.75 Å². The topological polar surface area (TPSA) is 89.6 Å². The molecule has 5 nitrogen and oxygen atoms in total. The van der Waals surface area contributed by atoms with E-state index < -0.39 is 11.9 Å². The van der Waals surface area contributed by atoms with Crippen molar-refractivity contribution in [2.45, 2.75) is 0 Å². The van der Waals surface area contributed by atoms with Gasteiger partial charge in [-0.2, -0.15) is 0 Å². The highest BCUT2D eigenvalue weighted by atomic mass is 16.5. The first kappa shape index (κ1) is 14.6. The van der Waals surface area contributed by atoms with E-state index in [9.17, 15) is 9.59 Å². The van der Waals surface area contributed by atoms with Gasteiger partial charge in [0.15, 0.2) is 0 Å². The third kappa shape index (κ3) is 3.13. The molecule has 0 spiro atoms. The number of aromatic carboxylic acids is 1. The number of hydrogen-bond acceptors (Lipinski definition) is 4. The van der Waals surface area contributed by atoms with E-state index in [0.29, 0.717) is 17.0 Å². The Morgan fingerprint density at radius 3 is 2.00 bits per heavy atom. The van der Waals surface area contributed by atoms with Crippen molar-refractivity contribution in [1.29, 1.82) is 0 Å². The summed E-state index contributed by atoms with van der Waals surface area (Å²) in [7, 11) is 0. The number of carbonyl (C=O) groups excluding carboxylic acids is 1. The van der Waals surface area contributed by atoms with Crippen molar-refractivity contribution < 1.29 is 19.4 Å². The van der Waals surface area contributed by atoms with Gasteiger partial charge in [0.25, 0.3) is 0 Å². The van der Waals surface area contributed by atoms with Gasteiger partial charge in [0, 0.05) is 5.69 Å². The van der Waals surface area contributed by atoms with Crippen LogP contribution >= 0.6 is 0 Å². The van der Waals surface area contributed by atoms with Crippen LogP contribution in [0.25, 0.3) is 10.8 Å². The lowest BCUT2D eigenvalue weighted by Crippen LogP contribution is -2.08. The Morgan fingerprint density at radius 2 is 1.39 bits per heavy atom. The second-order valence-corrected chi connectivity index (χ2v) is 5.04. The number of carboxylic acid groups (broad SMARTS) is 1. The molecule has 3 aromatic carbocycles. The van der Waals surface area contributed by atoms with Crippen LogP contribution in [0.1, 0.15) is 20.7 Å². The number of hydrogen-bond donors (Lipinski definition) is 2. The minimum atomic E-state index is -0.987. The average molecular weight is 307 g/mol. The molecule has 0 aliphatic carbocycles. The third-order valence-electron chi connectivity index (χ3n) is 3.41. The molecule has 0 aromatic heterocycles. The largest absolute Gasteiger partial charge is 0.478 e. The van der Waals surface area contributed by atoms with Crippen LogP contribution in [-0.2, 0) is 0 Å². The normalized spacial score (nSPS) is 10.4. The number of rotatable bonds is 3. The van der Waals surface area contributed by atoms with Crippen molar-refractivity contribution in [1.82, 2.24) is 0 Å². The van der Waals surface area contributed by atoms with Crippen LogP contribution in [0.5, 0.6) is 5.75 Å². The molecule has 23 heavy (non-hydrogen) atoms. The van der Waals surface area contributed by atoms with E-state index in [2.05, 4.69) is 0 Å². The Labute approximate surface area is 131 Å². The minimum absolute atomic E-state index is 0.203. The SMILES string of the molecule is Nc1ccc(OC(=O)c2ccc3cc(C(=O)O)ccc3c2)cc1. The van der Waals surface area contributed by atoms with Gasteiger partial charge in [-0.05, 0) is 59.3 Å². The molecule has 0 aliphatic rings.